The van der Waals surface area contributed by atoms with E-state index in [1.807, 2.05) is 0 Å². The lowest BCUT2D eigenvalue weighted by Gasteiger charge is -2.36. The zero-order valence-corrected chi connectivity index (χ0v) is 36.4. The fraction of sp³-hybridized carbons (Fsp3) is 0.723. The molecule has 0 bridgehead atoms. The number of rotatable bonds is 10. The molecule has 0 heterocycles. The van der Waals surface area contributed by atoms with E-state index in [1.54, 1.807) is 0 Å². The Kier molecular flexibility index (Phi) is 13.8. The summed E-state index contributed by atoms with van der Waals surface area (Å²) in [5.41, 5.74) is 9.63. The van der Waals surface area contributed by atoms with Crippen LogP contribution in [0.15, 0.2) is 24.3 Å². The van der Waals surface area contributed by atoms with Crippen LogP contribution in [-0.2, 0) is 42.0 Å². The molecule has 2 aromatic carbocycles. The summed E-state index contributed by atoms with van der Waals surface area (Å²) in [6.45, 7) is 45.5. The van der Waals surface area contributed by atoms with Crippen LogP contribution in [0.4, 0.5) is 4.79 Å². The maximum atomic E-state index is 14.2. The normalized spacial score (nSPS) is 14.8. The zero-order valence-electron chi connectivity index (χ0n) is 36.4. The zero-order chi connectivity index (χ0) is 38.8. The Hall–Kier alpha value is -2.29. The number of carbonyl (C=O) groups is 1. The van der Waals surface area contributed by atoms with E-state index in [9.17, 15) is 4.79 Å². The fourth-order valence-electron chi connectivity index (χ4n) is 7.14. The Bertz CT molecular complexity index is 1320. The van der Waals surface area contributed by atoms with Crippen molar-refractivity contribution in [2.75, 3.05) is 0 Å². The fourth-order valence-corrected chi connectivity index (χ4v) is 7.14. The van der Waals surface area contributed by atoms with Crippen molar-refractivity contribution in [2.24, 2.45) is 0 Å². The second kappa shape index (κ2) is 15.8. The Morgan fingerprint density at radius 1 is 0.440 bits per heavy atom. The molecule has 0 aromatic heterocycles. The van der Waals surface area contributed by atoms with Gasteiger partial charge in [-0.15, -0.1) is 0 Å². The molecule has 0 fully saturated rings. The van der Waals surface area contributed by atoms with E-state index in [2.05, 4.69) is 163 Å². The maximum absolute atomic E-state index is 14.2. The van der Waals surface area contributed by atoms with Crippen LogP contribution in [0.1, 0.15) is 234 Å². The van der Waals surface area contributed by atoms with Crippen LogP contribution >= 0.6 is 0 Å². The van der Waals surface area contributed by atoms with Crippen LogP contribution in [0.2, 0.25) is 0 Å². The standard InChI is InChI=1S/C47H78O3/c1-21-23-25-39(31-27-35(44(9,10)11)37(46(15,16)17)29-33(31)42(3,4)5)49-41(48)50-40(26-24-22-2)32-28-36(45(12,13)14)38(47(18,19)20)30-34(32)43(6,7)8/h27-30,39-40H,21-26H2,1-20H3. The third-order valence-corrected chi connectivity index (χ3v) is 10.0. The van der Waals surface area contributed by atoms with E-state index < -0.39 is 18.4 Å². The predicted octanol–water partition coefficient (Wildman–Crippen LogP) is 14.8. The van der Waals surface area contributed by atoms with Crippen molar-refractivity contribution in [1.29, 1.82) is 0 Å². The average molecular weight is 691 g/mol. The highest BCUT2D eigenvalue weighted by Gasteiger charge is 2.35. The first-order valence-corrected chi connectivity index (χ1v) is 19.7. The Morgan fingerprint density at radius 2 is 0.680 bits per heavy atom. The molecular weight excluding hydrogens is 613 g/mol. The van der Waals surface area contributed by atoms with Crippen LogP contribution in [0.5, 0.6) is 0 Å². The Morgan fingerprint density at radius 3 is 0.900 bits per heavy atom. The van der Waals surface area contributed by atoms with E-state index in [0.29, 0.717) is 0 Å². The van der Waals surface area contributed by atoms with Crippen LogP contribution in [0.3, 0.4) is 0 Å². The second-order valence-corrected chi connectivity index (χ2v) is 21.2. The van der Waals surface area contributed by atoms with E-state index in [0.717, 1.165) is 49.7 Å². The molecule has 2 atom stereocenters. The summed E-state index contributed by atoms with van der Waals surface area (Å²) in [7, 11) is 0. The minimum Gasteiger partial charge on any atom is -0.426 e. The number of hydrogen-bond donors (Lipinski definition) is 0. The van der Waals surface area contributed by atoms with Crippen molar-refractivity contribution < 1.29 is 14.3 Å². The van der Waals surface area contributed by atoms with Gasteiger partial charge in [-0.3, -0.25) is 0 Å². The third kappa shape index (κ3) is 11.4. The Balaban J connectivity index is 2.81. The molecule has 2 rings (SSSR count). The number of benzene rings is 2. The summed E-state index contributed by atoms with van der Waals surface area (Å²) < 4.78 is 13.1. The molecule has 2 unspecified atom stereocenters. The van der Waals surface area contributed by atoms with Crippen molar-refractivity contribution in [3.63, 3.8) is 0 Å². The van der Waals surface area contributed by atoms with Crippen LogP contribution in [0.25, 0.3) is 0 Å². The summed E-state index contributed by atoms with van der Waals surface area (Å²) in [6.07, 6.45) is 4.13. The largest absolute Gasteiger partial charge is 0.509 e. The van der Waals surface area contributed by atoms with E-state index >= 15 is 0 Å². The maximum Gasteiger partial charge on any atom is 0.509 e. The van der Waals surface area contributed by atoms with Gasteiger partial charge in [0.1, 0.15) is 12.2 Å². The first kappa shape index (κ1) is 43.9. The minimum atomic E-state index is -0.568. The average Bonchev–Trinajstić information content (AvgIpc) is 2.93. The molecule has 3 heteroatoms. The molecule has 0 spiro atoms. The van der Waals surface area contributed by atoms with Gasteiger partial charge in [0.15, 0.2) is 0 Å². The lowest BCUT2D eigenvalue weighted by Crippen LogP contribution is -2.28. The smallest absolute Gasteiger partial charge is 0.426 e. The Labute approximate surface area is 310 Å². The highest BCUT2D eigenvalue weighted by atomic mass is 16.7. The molecule has 0 N–H and O–H groups in total. The second-order valence-electron chi connectivity index (χ2n) is 21.2. The van der Waals surface area contributed by atoms with Gasteiger partial charge in [0.25, 0.3) is 0 Å². The third-order valence-electron chi connectivity index (χ3n) is 10.0. The van der Waals surface area contributed by atoms with E-state index in [-0.39, 0.29) is 32.5 Å². The quantitative estimate of drug-likeness (QED) is 0.233. The lowest BCUT2D eigenvalue weighted by atomic mass is 9.70. The molecule has 0 aliphatic carbocycles. The minimum absolute atomic E-state index is 0.0223. The van der Waals surface area contributed by atoms with Crippen LogP contribution < -0.4 is 0 Å². The summed E-state index contributed by atoms with van der Waals surface area (Å²) in [5, 5.41) is 0. The summed E-state index contributed by atoms with van der Waals surface area (Å²) in [6, 6.07) is 9.55. The molecule has 2 aromatic rings. The molecular formula is C47H78O3. The topological polar surface area (TPSA) is 35.5 Å². The van der Waals surface area contributed by atoms with Gasteiger partial charge in [0.2, 0.25) is 0 Å². The highest BCUT2D eigenvalue weighted by Crippen LogP contribution is 2.45. The molecule has 284 valence electrons. The first-order valence-electron chi connectivity index (χ1n) is 19.7. The van der Waals surface area contributed by atoms with Crippen molar-refractivity contribution >= 4 is 6.16 Å². The number of ether oxygens (including phenoxy) is 2. The van der Waals surface area contributed by atoms with Crippen LogP contribution in [-0.4, -0.2) is 6.16 Å². The first-order chi connectivity index (χ1) is 22.4. The molecule has 0 radical (unpaired) electrons. The van der Waals surface area contributed by atoms with Gasteiger partial charge >= 0.3 is 6.16 Å². The molecule has 0 amide bonds. The van der Waals surface area contributed by atoms with E-state index in [1.165, 1.54) is 33.4 Å². The molecule has 3 nitrogen and oxygen atoms in total. The van der Waals surface area contributed by atoms with Crippen molar-refractivity contribution in [2.45, 2.75) is 222 Å². The number of carbonyl (C=O) groups excluding carboxylic acids is 1. The summed E-state index contributed by atoms with van der Waals surface area (Å²) in [4.78, 5) is 14.2. The number of hydrogen-bond acceptors (Lipinski definition) is 3. The van der Waals surface area contributed by atoms with E-state index in [4.69, 9.17) is 9.47 Å². The van der Waals surface area contributed by atoms with Gasteiger partial charge < -0.3 is 9.47 Å². The molecule has 0 aliphatic heterocycles. The van der Waals surface area contributed by atoms with Crippen molar-refractivity contribution in [3.8, 4) is 0 Å². The van der Waals surface area contributed by atoms with Crippen molar-refractivity contribution in [3.05, 3.63) is 68.8 Å². The van der Waals surface area contributed by atoms with Crippen LogP contribution in [0, 0.1) is 0 Å². The van der Waals surface area contributed by atoms with Gasteiger partial charge in [0.05, 0.1) is 0 Å². The van der Waals surface area contributed by atoms with Gasteiger partial charge in [-0.05, 0) is 103 Å². The summed E-state index contributed by atoms with van der Waals surface area (Å²) in [5.74, 6) is 0. The SMILES string of the molecule is CCCCC(OC(=O)OC(CCCC)c1cc(C(C)(C)C)c(C(C)(C)C)cc1C(C)(C)C)c1cc(C(C)(C)C)c(C(C)(C)C)cc1C(C)(C)C. The van der Waals surface area contributed by atoms with Gasteiger partial charge in [-0.25, -0.2) is 4.79 Å². The lowest BCUT2D eigenvalue weighted by molar-refractivity contribution is -0.00936. The molecule has 0 saturated carbocycles. The van der Waals surface area contributed by atoms with Crippen molar-refractivity contribution in [1.82, 2.24) is 0 Å². The monoisotopic (exact) mass is 691 g/mol. The van der Waals surface area contributed by atoms with Gasteiger partial charge in [-0.1, -0.05) is 176 Å². The highest BCUT2D eigenvalue weighted by molar-refractivity contribution is 5.62. The van der Waals surface area contributed by atoms with Gasteiger partial charge in [-0.2, -0.15) is 0 Å². The molecule has 0 saturated heterocycles. The summed E-state index contributed by atoms with van der Waals surface area (Å²) >= 11 is 0. The molecule has 50 heavy (non-hydrogen) atoms. The number of unbranched alkanes of at least 4 members (excludes halogenated alkanes) is 2. The van der Waals surface area contributed by atoms with Gasteiger partial charge in [0, 0.05) is 0 Å². The predicted molar refractivity (Wildman–Crippen MR) is 217 cm³/mol. The molecule has 0 aliphatic rings.